The molecule has 1 amide bonds. The van der Waals surface area contributed by atoms with Crippen molar-refractivity contribution in [2.45, 2.75) is 13.8 Å². The van der Waals surface area contributed by atoms with Crippen molar-refractivity contribution in [2.75, 3.05) is 12.4 Å². The molecule has 0 bridgehead atoms. The molecule has 0 saturated carbocycles. The molecule has 8 heteroatoms. The molecule has 0 saturated heterocycles. The number of nitro groups is 1. The van der Waals surface area contributed by atoms with Crippen LogP contribution in [0.2, 0.25) is 0 Å². The number of aromatic nitrogens is 2. The molecule has 1 aromatic carbocycles. The highest BCUT2D eigenvalue weighted by atomic mass is 16.6. The lowest BCUT2D eigenvalue weighted by molar-refractivity contribution is -0.385. The number of methoxy groups -OCH3 is 1. The highest BCUT2D eigenvalue weighted by Gasteiger charge is 2.19. The molecule has 0 atom stereocenters. The Bertz CT molecular complexity index is 752. The summed E-state index contributed by atoms with van der Waals surface area (Å²) in [6, 6.07) is 4.33. The highest BCUT2D eigenvalue weighted by Crippen LogP contribution is 2.28. The van der Waals surface area contributed by atoms with E-state index in [4.69, 9.17) is 4.74 Å². The lowest BCUT2D eigenvalue weighted by atomic mass is 10.1. The van der Waals surface area contributed by atoms with Gasteiger partial charge in [0, 0.05) is 24.2 Å². The van der Waals surface area contributed by atoms with Crippen molar-refractivity contribution in [2.24, 2.45) is 7.05 Å². The summed E-state index contributed by atoms with van der Waals surface area (Å²) in [5, 5.41) is 17.8. The second kappa shape index (κ2) is 5.84. The molecule has 1 aromatic heterocycles. The second-order valence-electron chi connectivity index (χ2n) is 4.81. The van der Waals surface area contributed by atoms with Crippen LogP contribution in [0.1, 0.15) is 21.6 Å². The summed E-state index contributed by atoms with van der Waals surface area (Å²) in [6.45, 7) is 3.35. The van der Waals surface area contributed by atoms with Gasteiger partial charge in [0.2, 0.25) is 5.88 Å². The predicted molar refractivity (Wildman–Crippen MR) is 80.3 cm³/mol. The first-order valence-corrected chi connectivity index (χ1v) is 6.49. The van der Waals surface area contributed by atoms with Gasteiger partial charge >= 0.3 is 0 Å². The van der Waals surface area contributed by atoms with E-state index in [0.717, 1.165) is 0 Å². The van der Waals surface area contributed by atoms with Crippen LogP contribution < -0.4 is 10.1 Å². The number of carbonyl (C=O) groups is 1. The number of benzene rings is 1. The van der Waals surface area contributed by atoms with Gasteiger partial charge in [-0.05, 0) is 19.9 Å². The number of nitro benzene ring substituents is 1. The number of nitrogens with zero attached hydrogens (tertiary/aromatic N) is 3. The fourth-order valence-corrected chi connectivity index (χ4v) is 2.15. The number of nitrogens with one attached hydrogen (secondary N) is 1. The molecule has 22 heavy (non-hydrogen) atoms. The van der Waals surface area contributed by atoms with E-state index in [1.807, 2.05) is 0 Å². The number of aryl methyl sites for hydroxylation is 3. The fourth-order valence-electron chi connectivity index (χ4n) is 2.15. The molecule has 116 valence electrons. The Labute approximate surface area is 126 Å². The Morgan fingerprint density at radius 2 is 2.09 bits per heavy atom. The number of hydrogen-bond donors (Lipinski definition) is 1. The van der Waals surface area contributed by atoms with Crippen molar-refractivity contribution in [1.82, 2.24) is 9.78 Å². The van der Waals surface area contributed by atoms with Crippen LogP contribution in [-0.4, -0.2) is 27.7 Å². The molecule has 0 unspecified atom stereocenters. The Balaban J connectivity index is 2.34. The van der Waals surface area contributed by atoms with E-state index in [2.05, 4.69) is 10.4 Å². The van der Waals surface area contributed by atoms with Crippen LogP contribution in [-0.2, 0) is 7.05 Å². The average molecular weight is 304 g/mol. The SMILES string of the molecule is COc1c(NC(=O)c2ccc(C)c([N+](=O)[O-])c2)c(C)nn1C. The Morgan fingerprint density at radius 3 is 2.68 bits per heavy atom. The van der Waals surface area contributed by atoms with E-state index in [0.29, 0.717) is 22.8 Å². The van der Waals surface area contributed by atoms with Crippen LogP contribution in [0, 0.1) is 24.0 Å². The molecule has 0 aliphatic carbocycles. The summed E-state index contributed by atoms with van der Waals surface area (Å²) < 4.78 is 6.69. The largest absolute Gasteiger partial charge is 0.480 e. The summed E-state index contributed by atoms with van der Waals surface area (Å²) in [5.74, 6) is -0.0510. The van der Waals surface area contributed by atoms with Gasteiger partial charge in [-0.1, -0.05) is 6.07 Å². The first-order valence-electron chi connectivity index (χ1n) is 6.49. The standard InChI is InChI=1S/C14H16N4O4/c1-8-5-6-10(7-11(8)18(20)21)13(19)15-12-9(2)16-17(3)14(12)22-4/h5-7H,1-4H3,(H,15,19). The first-order chi connectivity index (χ1) is 10.3. The molecule has 2 aromatic rings. The van der Waals surface area contributed by atoms with Gasteiger partial charge < -0.3 is 10.1 Å². The van der Waals surface area contributed by atoms with Gasteiger partial charge in [0.1, 0.15) is 5.69 Å². The Hall–Kier alpha value is -2.90. The van der Waals surface area contributed by atoms with Gasteiger partial charge in [0.15, 0.2) is 0 Å². The third-order valence-corrected chi connectivity index (χ3v) is 3.27. The normalized spacial score (nSPS) is 10.4. The minimum absolute atomic E-state index is 0.0949. The van der Waals surface area contributed by atoms with E-state index >= 15 is 0 Å². The molecule has 0 aliphatic rings. The van der Waals surface area contributed by atoms with E-state index in [-0.39, 0.29) is 11.3 Å². The van der Waals surface area contributed by atoms with Crippen LogP contribution in [0.15, 0.2) is 18.2 Å². The van der Waals surface area contributed by atoms with Crippen LogP contribution >= 0.6 is 0 Å². The van der Waals surface area contributed by atoms with Crippen molar-refractivity contribution >= 4 is 17.3 Å². The second-order valence-corrected chi connectivity index (χ2v) is 4.81. The molecule has 2 rings (SSSR count). The third kappa shape index (κ3) is 2.76. The van der Waals surface area contributed by atoms with Crippen molar-refractivity contribution in [3.05, 3.63) is 45.1 Å². The highest BCUT2D eigenvalue weighted by molar-refractivity contribution is 6.05. The summed E-state index contributed by atoms with van der Waals surface area (Å²) in [6.07, 6.45) is 0. The van der Waals surface area contributed by atoms with E-state index in [1.54, 1.807) is 27.0 Å². The number of ether oxygens (including phenoxy) is 1. The van der Waals surface area contributed by atoms with Gasteiger partial charge in [0.05, 0.1) is 17.7 Å². The van der Waals surface area contributed by atoms with Crippen LogP contribution in [0.4, 0.5) is 11.4 Å². The molecule has 0 fully saturated rings. The average Bonchev–Trinajstić information content (AvgIpc) is 2.72. The maximum Gasteiger partial charge on any atom is 0.273 e. The summed E-state index contributed by atoms with van der Waals surface area (Å²) in [5.41, 5.74) is 1.63. The van der Waals surface area contributed by atoms with Crippen molar-refractivity contribution in [3.63, 3.8) is 0 Å². The van der Waals surface area contributed by atoms with Crippen molar-refractivity contribution in [3.8, 4) is 5.88 Å². The zero-order valence-electron chi connectivity index (χ0n) is 12.7. The monoisotopic (exact) mass is 304 g/mol. The van der Waals surface area contributed by atoms with E-state index in [1.165, 1.54) is 23.9 Å². The number of anilines is 1. The molecule has 0 aliphatic heterocycles. The van der Waals surface area contributed by atoms with Crippen LogP contribution in [0.25, 0.3) is 0 Å². The molecule has 0 radical (unpaired) electrons. The summed E-state index contributed by atoms with van der Waals surface area (Å²) in [4.78, 5) is 22.7. The topological polar surface area (TPSA) is 99.3 Å². The quantitative estimate of drug-likeness (QED) is 0.689. The van der Waals surface area contributed by atoms with Crippen LogP contribution in [0.3, 0.4) is 0 Å². The lowest BCUT2D eigenvalue weighted by Gasteiger charge is -2.07. The number of rotatable bonds is 4. The van der Waals surface area contributed by atoms with Gasteiger partial charge in [-0.2, -0.15) is 5.10 Å². The number of carbonyl (C=O) groups excluding carboxylic acids is 1. The number of amides is 1. The van der Waals surface area contributed by atoms with Crippen LogP contribution in [0.5, 0.6) is 5.88 Å². The van der Waals surface area contributed by atoms with Gasteiger partial charge in [0.25, 0.3) is 11.6 Å². The van der Waals surface area contributed by atoms with Gasteiger partial charge in [-0.15, -0.1) is 0 Å². The van der Waals surface area contributed by atoms with E-state index in [9.17, 15) is 14.9 Å². The molecule has 1 N–H and O–H groups in total. The molecular weight excluding hydrogens is 288 g/mol. The van der Waals surface area contributed by atoms with Crippen molar-refractivity contribution < 1.29 is 14.5 Å². The van der Waals surface area contributed by atoms with Gasteiger partial charge in [-0.25, -0.2) is 4.68 Å². The van der Waals surface area contributed by atoms with Gasteiger partial charge in [-0.3, -0.25) is 14.9 Å². The minimum Gasteiger partial charge on any atom is -0.480 e. The molecule has 1 heterocycles. The summed E-state index contributed by atoms with van der Waals surface area (Å²) >= 11 is 0. The molecule has 0 spiro atoms. The maximum atomic E-state index is 12.3. The third-order valence-electron chi connectivity index (χ3n) is 3.27. The van der Waals surface area contributed by atoms with Crippen molar-refractivity contribution in [1.29, 1.82) is 0 Å². The fraction of sp³-hybridized carbons (Fsp3) is 0.286. The first kappa shape index (κ1) is 15.5. The zero-order chi connectivity index (χ0) is 16.4. The molecular formula is C14H16N4O4. The lowest BCUT2D eigenvalue weighted by Crippen LogP contribution is -2.13. The minimum atomic E-state index is -0.512. The molecule has 8 nitrogen and oxygen atoms in total. The van der Waals surface area contributed by atoms with E-state index < -0.39 is 10.8 Å². The maximum absolute atomic E-state index is 12.3. The Morgan fingerprint density at radius 1 is 1.41 bits per heavy atom. The summed E-state index contributed by atoms with van der Waals surface area (Å²) in [7, 11) is 3.17. The number of hydrogen-bond acceptors (Lipinski definition) is 5. The zero-order valence-corrected chi connectivity index (χ0v) is 12.7. The Kier molecular flexibility index (Phi) is 4.11. The predicted octanol–water partition coefficient (Wildman–Crippen LogP) is 2.21. The smallest absolute Gasteiger partial charge is 0.273 e.